The van der Waals surface area contributed by atoms with Crippen LogP contribution in [0.25, 0.3) is 10.8 Å². The van der Waals surface area contributed by atoms with Crippen LogP contribution in [-0.2, 0) is 19.1 Å². The van der Waals surface area contributed by atoms with E-state index in [1.54, 1.807) is 33.8 Å². The highest BCUT2D eigenvalue weighted by molar-refractivity contribution is 6.01. The summed E-state index contributed by atoms with van der Waals surface area (Å²) in [6, 6.07) is 13.2. The molecule has 0 saturated heterocycles. The lowest BCUT2D eigenvalue weighted by atomic mass is 9.83. The maximum atomic E-state index is 13.0. The number of Topliss-reactive ketones (excluding diaryl/α,β-unsaturated/α-hetero) is 1. The third kappa shape index (κ3) is 4.30. The molecule has 0 fully saturated rings. The van der Waals surface area contributed by atoms with E-state index in [0.29, 0.717) is 5.56 Å². The number of fused-ring (bicyclic) bond motifs is 1. The molecule has 5 nitrogen and oxygen atoms in total. The van der Waals surface area contributed by atoms with Crippen LogP contribution >= 0.6 is 0 Å². The fourth-order valence-electron chi connectivity index (χ4n) is 3.26. The highest BCUT2D eigenvalue weighted by Crippen LogP contribution is 2.34. The van der Waals surface area contributed by atoms with Crippen molar-refractivity contribution in [1.29, 1.82) is 0 Å². The molecule has 1 aliphatic rings. The van der Waals surface area contributed by atoms with Gasteiger partial charge in [-0.1, -0.05) is 36.4 Å². The summed E-state index contributed by atoms with van der Waals surface area (Å²) in [6.07, 6.45) is 2.68. The van der Waals surface area contributed by atoms with E-state index in [2.05, 4.69) is 0 Å². The van der Waals surface area contributed by atoms with E-state index in [9.17, 15) is 14.4 Å². The highest BCUT2D eigenvalue weighted by atomic mass is 16.6. The van der Waals surface area contributed by atoms with Gasteiger partial charge in [-0.25, -0.2) is 4.79 Å². The molecule has 0 aliphatic carbocycles. The standard InChI is InChI=1S/C23H24O5/c1-22(2,3)28-21(26)18(23(4)12-11-20(25)27-23)14-19(24)17-10-9-15-7-5-6-8-16(15)13-17/h5-13,18H,14H2,1-4H3. The van der Waals surface area contributed by atoms with E-state index in [1.165, 1.54) is 12.2 Å². The van der Waals surface area contributed by atoms with Crippen molar-refractivity contribution >= 4 is 28.5 Å². The number of benzene rings is 2. The third-order valence-electron chi connectivity index (χ3n) is 4.72. The van der Waals surface area contributed by atoms with E-state index in [0.717, 1.165) is 10.8 Å². The first-order valence-corrected chi connectivity index (χ1v) is 9.24. The van der Waals surface area contributed by atoms with E-state index in [1.807, 2.05) is 36.4 Å². The quantitative estimate of drug-likeness (QED) is 0.573. The van der Waals surface area contributed by atoms with E-state index >= 15 is 0 Å². The predicted molar refractivity (Wildman–Crippen MR) is 106 cm³/mol. The van der Waals surface area contributed by atoms with E-state index in [4.69, 9.17) is 9.47 Å². The molecule has 28 heavy (non-hydrogen) atoms. The summed E-state index contributed by atoms with van der Waals surface area (Å²) in [7, 11) is 0. The van der Waals surface area contributed by atoms with Crippen LogP contribution in [0.5, 0.6) is 0 Å². The van der Waals surface area contributed by atoms with Crippen LogP contribution in [0.15, 0.2) is 54.6 Å². The minimum absolute atomic E-state index is 0.124. The molecule has 5 heteroatoms. The average molecular weight is 380 g/mol. The van der Waals surface area contributed by atoms with Crippen molar-refractivity contribution in [2.24, 2.45) is 5.92 Å². The lowest BCUT2D eigenvalue weighted by molar-refractivity contribution is -0.171. The number of hydrogen-bond acceptors (Lipinski definition) is 5. The highest BCUT2D eigenvalue weighted by Gasteiger charge is 2.46. The fourth-order valence-corrected chi connectivity index (χ4v) is 3.26. The van der Waals surface area contributed by atoms with Crippen LogP contribution < -0.4 is 0 Å². The van der Waals surface area contributed by atoms with Gasteiger partial charge in [0.15, 0.2) is 5.78 Å². The smallest absolute Gasteiger partial charge is 0.331 e. The summed E-state index contributed by atoms with van der Waals surface area (Å²) < 4.78 is 10.9. The third-order valence-corrected chi connectivity index (χ3v) is 4.72. The van der Waals surface area contributed by atoms with Crippen LogP contribution in [0.2, 0.25) is 0 Å². The van der Waals surface area contributed by atoms with Gasteiger partial charge in [0.25, 0.3) is 0 Å². The van der Waals surface area contributed by atoms with Gasteiger partial charge < -0.3 is 9.47 Å². The Bertz CT molecular complexity index is 966. The van der Waals surface area contributed by atoms with Gasteiger partial charge >= 0.3 is 11.9 Å². The topological polar surface area (TPSA) is 69.7 Å². The fraction of sp³-hybridized carbons (Fsp3) is 0.348. The van der Waals surface area contributed by atoms with Gasteiger partial charge in [-0.15, -0.1) is 0 Å². The number of carbonyl (C=O) groups excluding carboxylic acids is 3. The SMILES string of the molecule is CC(C)(C)OC(=O)C(CC(=O)c1ccc2ccccc2c1)C1(C)C=CC(=O)O1. The number of ether oxygens (including phenoxy) is 2. The van der Waals surface area contributed by atoms with Gasteiger partial charge in [-0.2, -0.15) is 0 Å². The molecule has 0 bridgehead atoms. The number of ketones is 1. The van der Waals surface area contributed by atoms with E-state index < -0.39 is 29.1 Å². The lowest BCUT2D eigenvalue weighted by Gasteiger charge is -2.32. The molecule has 0 aromatic heterocycles. The number of carbonyl (C=O) groups is 3. The zero-order valence-electron chi connectivity index (χ0n) is 16.5. The number of esters is 2. The number of cyclic esters (lactones) is 1. The van der Waals surface area contributed by atoms with Crippen LogP contribution in [0, 0.1) is 5.92 Å². The van der Waals surface area contributed by atoms with Gasteiger partial charge in [0, 0.05) is 18.1 Å². The molecule has 0 spiro atoms. The van der Waals surface area contributed by atoms with Crippen molar-refractivity contribution in [3.63, 3.8) is 0 Å². The molecular formula is C23H24O5. The lowest BCUT2D eigenvalue weighted by Crippen LogP contribution is -2.43. The van der Waals surface area contributed by atoms with Crippen molar-refractivity contribution in [1.82, 2.24) is 0 Å². The molecule has 2 aromatic carbocycles. The van der Waals surface area contributed by atoms with Crippen LogP contribution in [0.4, 0.5) is 0 Å². The molecule has 3 rings (SSSR count). The summed E-state index contributed by atoms with van der Waals surface area (Å²) in [5.41, 5.74) is -1.43. The largest absolute Gasteiger partial charge is 0.460 e. The van der Waals surface area contributed by atoms with Gasteiger partial charge in [0.1, 0.15) is 17.1 Å². The Kier molecular flexibility index (Phi) is 5.11. The number of hydrogen-bond donors (Lipinski definition) is 0. The zero-order valence-corrected chi connectivity index (χ0v) is 16.5. The minimum atomic E-state index is -1.22. The molecule has 2 unspecified atom stereocenters. The van der Waals surface area contributed by atoms with Gasteiger partial charge in [-0.3, -0.25) is 9.59 Å². The Labute approximate surface area is 164 Å². The van der Waals surface area contributed by atoms with Crippen molar-refractivity contribution in [3.05, 3.63) is 60.2 Å². The molecule has 2 aromatic rings. The predicted octanol–water partition coefficient (Wildman–Crippen LogP) is 4.24. The molecule has 0 N–H and O–H groups in total. The van der Waals surface area contributed by atoms with Crippen molar-refractivity contribution in [2.45, 2.75) is 45.3 Å². The minimum Gasteiger partial charge on any atom is -0.460 e. The Hall–Kier alpha value is -2.95. The molecule has 0 radical (unpaired) electrons. The van der Waals surface area contributed by atoms with Gasteiger partial charge in [-0.05, 0) is 50.6 Å². The Morgan fingerprint density at radius 3 is 2.39 bits per heavy atom. The van der Waals surface area contributed by atoms with Gasteiger partial charge in [0.2, 0.25) is 0 Å². The summed E-state index contributed by atoms with van der Waals surface area (Å²) in [4.78, 5) is 37.4. The van der Waals surface area contributed by atoms with Crippen LogP contribution in [0.3, 0.4) is 0 Å². The Morgan fingerprint density at radius 2 is 1.79 bits per heavy atom. The summed E-state index contributed by atoms with van der Waals surface area (Å²) >= 11 is 0. The van der Waals surface area contributed by atoms with Crippen molar-refractivity contribution < 1.29 is 23.9 Å². The Balaban J connectivity index is 1.89. The molecule has 0 amide bonds. The maximum Gasteiger partial charge on any atom is 0.331 e. The first kappa shape index (κ1) is 19.8. The molecule has 1 aliphatic heterocycles. The van der Waals surface area contributed by atoms with Crippen LogP contribution in [0.1, 0.15) is 44.5 Å². The number of rotatable bonds is 5. The monoisotopic (exact) mass is 380 g/mol. The average Bonchev–Trinajstić information content (AvgIpc) is 2.97. The molecular weight excluding hydrogens is 356 g/mol. The van der Waals surface area contributed by atoms with Crippen LogP contribution in [-0.4, -0.2) is 28.9 Å². The van der Waals surface area contributed by atoms with E-state index in [-0.39, 0.29) is 12.2 Å². The molecule has 146 valence electrons. The maximum absolute atomic E-state index is 13.0. The van der Waals surface area contributed by atoms with Gasteiger partial charge in [0.05, 0.1) is 0 Å². The summed E-state index contributed by atoms with van der Waals surface area (Å²) in [5.74, 6) is -2.25. The Morgan fingerprint density at radius 1 is 1.11 bits per heavy atom. The summed E-state index contributed by atoms with van der Waals surface area (Å²) in [5, 5.41) is 1.97. The second-order valence-corrected chi connectivity index (χ2v) is 8.21. The molecule has 2 atom stereocenters. The zero-order chi connectivity index (χ0) is 20.5. The van der Waals surface area contributed by atoms with Crippen molar-refractivity contribution in [3.8, 4) is 0 Å². The summed E-state index contributed by atoms with van der Waals surface area (Å²) in [6.45, 7) is 6.89. The first-order valence-electron chi connectivity index (χ1n) is 9.24. The molecule has 0 saturated carbocycles. The molecule has 1 heterocycles. The normalized spacial score (nSPS) is 20.1. The second-order valence-electron chi connectivity index (χ2n) is 8.21. The van der Waals surface area contributed by atoms with Crippen molar-refractivity contribution in [2.75, 3.05) is 0 Å². The second kappa shape index (κ2) is 7.23. The first-order chi connectivity index (χ1) is 13.1.